The summed E-state index contributed by atoms with van der Waals surface area (Å²) in [6.07, 6.45) is 8.14. The average Bonchev–Trinajstić information content (AvgIpc) is 2.60. The van der Waals surface area contributed by atoms with Gasteiger partial charge >= 0.3 is 6.61 Å². The molecule has 1 amide bonds. The van der Waals surface area contributed by atoms with Gasteiger partial charge in [-0.15, -0.1) is 6.42 Å². The number of anilines is 1. The monoisotopic (exact) mass is 343 g/mol. The summed E-state index contributed by atoms with van der Waals surface area (Å²) in [5.41, 5.74) is 1.82. The van der Waals surface area contributed by atoms with Gasteiger partial charge in [0.1, 0.15) is 0 Å². The van der Waals surface area contributed by atoms with Crippen LogP contribution in [-0.4, -0.2) is 19.6 Å². The predicted molar refractivity (Wildman–Crippen MR) is 91.7 cm³/mol. The highest BCUT2D eigenvalue weighted by atomic mass is 19.3. The molecule has 0 aliphatic carbocycles. The lowest BCUT2D eigenvalue weighted by molar-refractivity contribution is -0.111. The molecular formula is C19H15F2NO3. The summed E-state index contributed by atoms with van der Waals surface area (Å²) in [5, 5.41) is 2.68. The lowest BCUT2D eigenvalue weighted by atomic mass is 10.2. The standard InChI is InChI=1S/C19H15F2NO3/c1-3-13-5-4-6-15(11-13)22-18(23)10-8-14-7-9-16(25-19(20)21)17(12-14)24-2/h1,4-12,19H,2H3,(H,22,23)/b10-8+. The molecular weight excluding hydrogens is 328 g/mol. The van der Waals surface area contributed by atoms with E-state index in [1.54, 1.807) is 24.3 Å². The summed E-state index contributed by atoms with van der Waals surface area (Å²) in [4.78, 5) is 11.9. The maximum atomic E-state index is 12.3. The molecule has 0 bridgehead atoms. The van der Waals surface area contributed by atoms with Gasteiger partial charge in [-0.25, -0.2) is 0 Å². The molecule has 0 unspecified atom stereocenters. The zero-order valence-electron chi connectivity index (χ0n) is 13.3. The number of ether oxygens (including phenoxy) is 2. The number of methoxy groups -OCH3 is 1. The van der Waals surface area contributed by atoms with E-state index in [1.807, 2.05) is 0 Å². The molecule has 0 aliphatic heterocycles. The first-order valence-corrected chi connectivity index (χ1v) is 7.20. The Labute approximate surface area is 144 Å². The Morgan fingerprint density at radius 3 is 2.72 bits per heavy atom. The van der Waals surface area contributed by atoms with E-state index in [0.717, 1.165) is 0 Å². The number of benzene rings is 2. The summed E-state index contributed by atoms with van der Waals surface area (Å²) in [6.45, 7) is -2.94. The highest BCUT2D eigenvalue weighted by Crippen LogP contribution is 2.29. The van der Waals surface area contributed by atoms with E-state index in [-0.39, 0.29) is 17.4 Å². The van der Waals surface area contributed by atoms with Crippen molar-refractivity contribution in [3.8, 4) is 23.8 Å². The number of halogens is 2. The molecule has 128 valence electrons. The van der Waals surface area contributed by atoms with Crippen LogP contribution >= 0.6 is 0 Å². The van der Waals surface area contributed by atoms with Crippen LogP contribution in [0.2, 0.25) is 0 Å². The maximum Gasteiger partial charge on any atom is 0.387 e. The van der Waals surface area contributed by atoms with E-state index < -0.39 is 6.61 Å². The summed E-state index contributed by atoms with van der Waals surface area (Å²) >= 11 is 0. The number of amides is 1. The number of carbonyl (C=O) groups is 1. The van der Waals surface area contributed by atoms with Crippen molar-refractivity contribution in [1.82, 2.24) is 0 Å². The minimum atomic E-state index is -2.94. The van der Waals surface area contributed by atoms with Gasteiger partial charge in [-0.2, -0.15) is 8.78 Å². The summed E-state index contributed by atoms with van der Waals surface area (Å²) in [5.74, 6) is 2.19. The van der Waals surface area contributed by atoms with Gasteiger partial charge in [0, 0.05) is 17.3 Å². The topological polar surface area (TPSA) is 47.6 Å². The van der Waals surface area contributed by atoms with Gasteiger partial charge in [0.15, 0.2) is 11.5 Å². The summed E-state index contributed by atoms with van der Waals surface area (Å²) < 4.78 is 33.9. The first-order valence-electron chi connectivity index (χ1n) is 7.20. The van der Waals surface area contributed by atoms with Crippen LogP contribution in [0.5, 0.6) is 11.5 Å². The Balaban J connectivity index is 2.07. The number of nitrogens with one attached hydrogen (secondary N) is 1. The molecule has 1 N–H and O–H groups in total. The highest BCUT2D eigenvalue weighted by molar-refractivity contribution is 6.02. The molecule has 0 atom stereocenters. The third-order valence-electron chi connectivity index (χ3n) is 3.13. The van der Waals surface area contributed by atoms with Crippen LogP contribution in [0.4, 0.5) is 14.5 Å². The molecule has 25 heavy (non-hydrogen) atoms. The van der Waals surface area contributed by atoms with Gasteiger partial charge in [0.25, 0.3) is 0 Å². The molecule has 0 aliphatic rings. The molecule has 0 saturated heterocycles. The fourth-order valence-corrected chi connectivity index (χ4v) is 2.02. The lowest BCUT2D eigenvalue weighted by Gasteiger charge is -2.10. The Morgan fingerprint density at radius 2 is 2.04 bits per heavy atom. The molecule has 4 nitrogen and oxygen atoms in total. The number of rotatable bonds is 6. The van der Waals surface area contributed by atoms with Crippen molar-refractivity contribution in [2.24, 2.45) is 0 Å². The molecule has 0 fully saturated rings. The minimum absolute atomic E-state index is 0.0785. The summed E-state index contributed by atoms with van der Waals surface area (Å²) in [7, 11) is 1.34. The van der Waals surface area contributed by atoms with Crippen LogP contribution in [0.15, 0.2) is 48.5 Å². The lowest BCUT2D eigenvalue weighted by Crippen LogP contribution is -2.07. The van der Waals surface area contributed by atoms with E-state index >= 15 is 0 Å². The third kappa shape index (κ3) is 5.36. The number of alkyl halides is 2. The first kappa shape index (κ1) is 18.0. The fraction of sp³-hybridized carbons (Fsp3) is 0.105. The second-order valence-electron chi connectivity index (χ2n) is 4.84. The molecule has 6 heteroatoms. The van der Waals surface area contributed by atoms with Crippen LogP contribution in [0.1, 0.15) is 11.1 Å². The molecule has 0 saturated carbocycles. The second kappa shape index (κ2) is 8.50. The van der Waals surface area contributed by atoms with Gasteiger partial charge in [0.05, 0.1) is 7.11 Å². The third-order valence-corrected chi connectivity index (χ3v) is 3.13. The van der Waals surface area contributed by atoms with Crippen molar-refractivity contribution in [2.75, 3.05) is 12.4 Å². The van der Waals surface area contributed by atoms with Crippen molar-refractivity contribution in [3.63, 3.8) is 0 Å². The van der Waals surface area contributed by atoms with Crippen LogP contribution in [0.25, 0.3) is 6.08 Å². The van der Waals surface area contributed by atoms with E-state index in [0.29, 0.717) is 16.8 Å². The van der Waals surface area contributed by atoms with Crippen molar-refractivity contribution >= 4 is 17.7 Å². The molecule has 0 radical (unpaired) electrons. The summed E-state index contributed by atoms with van der Waals surface area (Å²) in [6, 6.07) is 11.2. The minimum Gasteiger partial charge on any atom is -0.493 e. The first-order chi connectivity index (χ1) is 12.0. The van der Waals surface area contributed by atoms with Crippen molar-refractivity contribution in [3.05, 3.63) is 59.7 Å². The fourth-order valence-electron chi connectivity index (χ4n) is 2.02. The Hall–Kier alpha value is -3.33. The van der Waals surface area contributed by atoms with Crippen LogP contribution < -0.4 is 14.8 Å². The zero-order valence-corrected chi connectivity index (χ0v) is 13.3. The average molecular weight is 343 g/mol. The molecule has 0 heterocycles. The number of terminal acetylenes is 1. The van der Waals surface area contributed by atoms with Gasteiger partial charge in [-0.1, -0.05) is 18.1 Å². The molecule has 2 aromatic carbocycles. The Kier molecular flexibility index (Phi) is 6.13. The van der Waals surface area contributed by atoms with Crippen LogP contribution in [-0.2, 0) is 4.79 Å². The van der Waals surface area contributed by atoms with Gasteiger partial charge in [-0.05, 0) is 42.0 Å². The normalized spacial score (nSPS) is 10.5. The molecule has 2 rings (SSSR count). The van der Waals surface area contributed by atoms with Crippen LogP contribution in [0, 0.1) is 12.3 Å². The largest absolute Gasteiger partial charge is 0.493 e. The van der Waals surface area contributed by atoms with E-state index in [2.05, 4.69) is 16.0 Å². The van der Waals surface area contributed by atoms with Gasteiger partial charge < -0.3 is 14.8 Å². The Bertz CT molecular complexity index is 826. The quantitative estimate of drug-likeness (QED) is 0.639. The smallest absolute Gasteiger partial charge is 0.387 e. The number of carbonyl (C=O) groups excluding carboxylic acids is 1. The highest BCUT2D eigenvalue weighted by Gasteiger charge is 2.10. The molecule has 0 spiro atoms. The molecule has 0 aromatic heterocycles. The zero-order chi connectivity index (χ0) is 18.2. The Morgan fingerprint density at radius 1 is 1.24 bits per heavy atom. The van der Waals surface area contributed by atoms with E-state index in [9.17, 15) is 13.6 Å². The number of hydrogen-bond donors (Lipinski definition) is 1. The SMILES string of the molecule is C#Cc1cccc(NC(=O)/C=C/c2ccc(OC(F)F)c(OC)c2)c1. The van der Waals surface area contributed by atoms with E-state index in [4.69, 9.17) is 11.2 Å². The van der Waals surface area contributed by atoms with Gasteiger partial charge in [-0.3, -0.25) is 4.79 Å². The number of hydrogen-bond acceptors (Lipinski definition) is 3. The van der Waals surface area contributed by atoms with Crippen LogP contribution in [0.3, 0.4) is 0 Å². The van der Waals surface area contributed by atoms with Crippen molar-refractivity contribution < 1.29 is 23.0 Å². The van der Waals surface area contributed by atoms with Crippen molar-refractivity contribution in [2.45, 2.75) is 6.61 Å². The van der Waals surface area contributed by atoms with Gasteiger partial charge in [0.2, 0.25) is 5.91 Å². The second-order valence-corrected chi connectivity index (χ2v) is 4.84. The molecule has 2 aromatic rings. The maximum absolute atomic E-state index is 12.3. The predicted octanol–water partition coefficient (Wildman–Crippen LogP) is 3.93. The van der Waals surface area contributed by atoms with Crippen molar-refractivity contribution in [1.29, 1.82) is 0 Å². The van der Waals surface area contributed by atoms with E-state index in [1.165, 1.54) is 37.5 Å².